The molecule has 0 saturated heterocycles. The molecule has 82 valence electrons. The lowest BCUT2D eigenvalue weighted by atomic mass is 10.2. The fraction of sp³-hybridized carbons (Fsp3) is 0.143. The third kappa shape index (κ3) is 2.79. The molecular formula is C7H5ClINO4S. The number of rotatable bonds is 2. The van der Waals surface area contributed by atoms with Gasteiger partial charge in [0.2, 0.25) is 0 Å². The second-order valence-corrected chi connectivity index (χ2v) is 6.47. The van der Waals surface area contributed by atoms with E-state index in [4.69, 9.17) is 10.7 Å². The van der Waals surface area contributed by atoms with E-state index >= 15 is 0 Å². The van der Waals surface area contributed by atoms with Crippen molar-refractivity contribution in [3.05, 3.63) is 31.4 Å². The average Bonchev–Trinajstić information content (AvgIpc) is 2.06. The van der Waals surface area contributed by atoms with Gasteiger partial charge in [0.15, 0.2) is 0 Å². The highest BCUT2D eigenvalue weighted by molar-refractivity contribution is 14.1. The fourth-order valence-corrected chi connectivity index (χ4v) is 2.57. The quantitative estimate of drug-likeness (QED) is 0.351. The first-order valence-corrected chi connectivity index (χ1v) is 7.01. The van der Waals surface area contributed by atoms with Crippen LogP contribution in [0.3, 0.4) is 0 Å². The number of nitro benzene ring substituents is 1. The van der Waals surface area contributed by atoms with E-state index in [0.29, 0.717) is 9.13 Å². The standard InChI is InChI=1S/C7H5ClINO4S/c1-4-6(9)2-5(15(8,13)14)3-7(4)10(11)12/h2-3H,1H3. The summed E-state index contributed by atoms with van der Waals surface area (Å²) >= 11 is 1.82. The first-order chi connectivity index (χ1) is 6.73. The van der Waals surface area contributed by atoms with Gasteiger partial charge in [0.25, 0.3) is 14.7 Å². The van der Waals surface area contributed by atoms with Crippen LogP contribution in [0.25, 0.3) is 0 Å². The van der Waals surface area contributed by atoms with Crippen LogP contribution in [-0.4, -0.2) is 13.3 Å². The maximum Gasteiger partial charge on any atom is 0.274 e. The molecule has 0 unspecified atom stereocenters. The number of nitro groups is 1. The molecular weight excluding hydrogens is 357 g/mol. The van der Waals surface area contributed by atoms with Crippen molar-refractivity contribution in [2.75, 3.05) is 0 Å². The molecule has 0 saturated carbocycles. The summed E-state index contributed by atoms with van der Waals surface area (Å²) in [7, 11) is 1.17. The average molecular weight is 362 g/mol. The van der Waals surface area contributed by atoms with Gasteiger partial charge < -0.3 is 0 Å². The largest absolute Gasteiger partial charge is 0.274 e. The Hall–Kier alpha value is -0.410. The molecule has 0 N–H and O–H groups in total. The Morgan fingerprint density at radius 3 is 2.40 bits per heavy atom. The normalized spacial score (nSPS) is 11.4. The minimum atomic E-state index is -3.94. The summed E-state index contributed by atoms with van der Waals surface area (Å²) in [4.78, 5) is 9.72. The van der Waals surface area contributed by atoms with Crippen LogP contribution in [0.15, 0.2) is 17.0 Å². The molecule has 0 aromatic heterocycles. The van der Waals surface area contributed by atoms with Crippen LogP contribution in [-0.2, 0) is 9.05 Å². The molecule has 0 heterocycles. The van der Waals surface area contributed by atoms with Crippen LogP contribution in [0.4, 0.5) is 5.69 Å². The molecule has 0 spiro atoms. The van der Waals surface area contributed by atoms with E-state index in [2.05, 4.69) is 0 Å². The highest BCUT2D eigenvalue weighted by atomic mass is 127. The third-order valence-corrected chi connectivity index (χ3v) is 4.22. The highest BCUT2D eigenvalue weighted by Gasteiger charge is 2.20. The maximum absolute atomic E-state index is 11.0. The predicted octanol–water partition coefficient (Wildman–Crippen LogP) is 2.44. The lowest BCUT2D eigenvalue weighted by Crippen LogP contribution is -1.98. The Morgan fingerprint density at radius 1 is 1.47 bits per heavy atom. The van der Waals surface area contributed by atoms with Gasteiger partial charge in [0, 0.05) is 25.9 Å². The second kappa shape index (κ2) is 4.22. The van der Waals surface area contributed by atoms with Crippen LogP contribution in [0, 0.1) is 20.6 Å². The van der Waals surface area contributed by atoms with Gasteiger partial charge in [0.05, 0.1) is 9.82 Å². The van der Waals surface area contributed by atoms with Gasteiger partial charge in [-0.05, 0) is 35.6 Å². The summed E-state index contributed by atoms with van der Waals surface area (Å²) < 4.78 is 22.5. The van der Waals surface area contributed by atoms with Gasteiger partial charge in [-0.2, -0.15) is 0 Å². The molecule has 0 fully saturated rings. The summed E-state index contributed by atoms with van der Waals surface area (Å²) in [5, 5.41) is 10.6. The fourth-order valence-electron chi connectivity index (χ4n) is 0.971. The smallest absolute Gasteiger partial charge is 0.258 e. The van der Waals surface area contributed by atoms with Gasteiger partial charge in [-0.3, -0.25) is 10.1 Å². The first-order valence-electron chi connectivity index (χ1n) is 3.62. The van der Waals surface area contributed by atoms with E-state index < -0.39 is 14.0 Å². The number of hydrogen-bond acceptors (Lipinski definition) is 4. The number of benzene rings is 1. The minimum absolute atomic E-state index is 0.249. The molecule has 0 aliphatic heterocycles. The molecule has 1 aromatic carbocycles. The molecule has 5 nitrogen and oxygen atoms in total. The van der Waals surface area contributed by atoms with Crippen molar-refractivity contribution in [2.24, 2.45) is 0 Å². The summed E-state index contributed by atoms with van der Waals surface area (Å²) in [5.41, 5.74) is 0.172. The lowest BCUT2D eigenvalue weighted by molar-refractivity contribution is -0.385. The molecule has 0 radical (unpaired) electrons. The van der Waals surface area contributed by atoms with Crippen molar-refractivity contribution < 1.29 is 13.3 Å². The monoisotopic (exact) mass is 361 g/mol. The zero-order chi connectivity index (χ0) is 11.8. The van der Waals surface area contributed by atoms with Crippen molar-refractivity contribution in [3.63, 3.8) is 0 Å². The lowest BCUT2D eigenvalue weighted by Gasteiger charge is -2.02. The Balaban J connectivity index is 3.57. The van der Waals surface area contributed by atoms with Crippen molar-refractivity contribution in [2.45, 2.75) is 11.8 Å². The minimum Gasteiger partial charge on any atom is -0.258 e. The van der Waals surface area contributed by atoms with Crippen LogP contribution >= 0.6 is 33.3 Å². The van der Waals surface area contributed by atoms with Crippen LogP contribution in [0.5, 0.6) is 0 Å². The Morgan fingerprint density at radius 2 is 2.00 bits per heavy atom. The molecule has 1 aromatic rings. The van der Waals surface area contributed by atoms with E-state index in [1.165, 1.54) is 6.07 Å². The molecule has 0 aliphatic rings. The highest BCUT2D eigenvalue weighted by Crippen LogP contribution is 2.28. The molecule has 0 atom stereocenters. The second-order valence-electron chi connectivity index (χ2n) is 2.74. The molecule has 0 bridgehead atoms. The summed E-state index contributed by atoms with van der Waals surface area (Å²) in [5.74, 6) is 0. The molecule has 8 heteroatoms. The van der Waals surface area contributed by atoms with E-state index in [1.807, 2.05) is 22.6 Å². The van der Waals surface area contributed by atoms with Crippen LogP contribution < -0.4 is 0 Å². The van der Waals surface area contributed by atoms with E-state index in [1.54, 1.807) is 6.92 Å². The first kappa shape index (κ1) is 12.7. The molecule has 1 rings (SSSR count). The van der Waals surface area contributed by atoms with Gasteiger partial charge in [0.1, 0.15) is 0 Å². The summed E-state index contributed by atoms with van der Waals surface area (Å²) in [6.45, 7) is 1.55. The van der Waals surface area contributed by atoms with Crippen molar-refractivity contribution in [3.8, 4) is 0 Å². The maximum atomic E-state index is 11.0. The number of nitrogens with zero attached hydrogens (tertiary/aromatic N) is 1. The van der Waals surface area contributed by atoms with E-state index in [0.717, 1.165) is 6.07 Å². The molecule has 0 aliphatic carbocycles. The number of hydrogen-bond donors (Lipinski definition) is 0. The SMILES string of the molecule is Cc1c(I)cc(S(=O)(=O)Cl)cc1[N+](=O)[O-]. The molecule has 15 heavy (non-hydrogen) atoms. The van der Waals surface area contributed by atoms with Crippen molar-refractivity contribution in [1.82, 2.24) is 0 Å². The zero-order valence-corrected chi connectivity index (χ0v) is 11.1. The van der Waals surface area contributed by atoms with Crippen molar-refractivity contribution >= 4 is 48.0 Å². The zero-order valence-electron chi connectivity index (χ0n) is 7.40. The molecule has 0 amide bonds. The summed E-state index contributed by atoms with van der Waals surface area (Å²) in [6, 6.07) is 2.26. The Kier molecular flexibility index (Phi) is 3.56. The number of halogens is 2. The third-order valence-electron chi connectivity index (χ3n) is 1.77. The van der Waals surface area contributed by atoms with E-state index in [9.17, 15) is 18.5 Å². The van der Waals surface area contributed by atoms with Crippen molar-refractivity contribution in [1.29, 1.82) is 0 Å². The van der Waals surface area contributed by atoms with Gasteiger partial charge in [-0.15, -0.1) is 0 Å². The Bertz CT molecular complexity index is 528. The van der Waals surface area contributed by atoms with Gasteiger partial charge in [-0.25, -0.2) is 8.42 Å². The van der Waals surface area contributed by atoms with Crippen LogP contribution in [0.1, 0.15) is 5.56 Å². The van der Waals surface area contributed by atoms with Gasteiger partial charge in [-0.1, -0.05) is 0 Å². The summed E-state index contributed by atoms with van der Waals surface area (Å²) in [6.07, 6.45) is 0. The van der Waals surface area contributed by atoms with Crippen LogP contribution in [0.2, 0.25) is 0 Å². The topological polar surface area (TPSA) is 77.3 Å². The Labute approximate surface area is 104 Å². The van der Waals surface area contributed by atoms with Gasteiger partial charge >= 0.3 is 0 Å². The predicted molar refractivity (Wildman–Crippen MR) is 63.6 cm³/mol. The van der Waals surface area contributed by atoms with E-state index in [-0.39, 0.29) is 10.6 Å².